The van der Waals surface area contributed by atoms with E-state index < -0.39 is 5.60 Å². The van der Waals surface area contributed by atoms with Crippen molar-refractivity contribution in [1.82, 2.24) is 19.9 Å². The number of hydrogen-bond acceptors (Lipinski definition) is 7. The molecule has 2 N–H and O–H groups in total. The summed E-state index contributed by atoms with van der Waals surface area (Å²) in [5, 5.41) is 20.7. The molecule has 1 aliphatic heterocycles. The molecule has 0 atom stereocenters. The quantitative estimate of drug-likeness (QED) is 0.460. The zero-order valence-corrected chi connectivity index (χ0v) is 19.1. The molecule has 34 heavy (non-hydrogen) atoms. The molecular weight excluding hydrogens is 430 g/mol. The van der Waals surface area contributed by atoms with Crippen molar-refractivity contribution in [2.45, 2.75) is 38.4 Å². The van der Waals surface area contributed by atoms with Gasteiger partial charge in [0.1, 0.15) is 35.5 Å². The van der Waals surface area contributed by atoms with Crippen molar-refractivity contribution in [3.8, 4) is 34.3 Å². The molecule has 4 aromatic rings. The molecule has 4 heterocycles. The lowest BCUT2D eigenvalue weighted by Crippen LogP contribution is -2.26. The fraction of sp³-hybridized carbons (Fsp3) is 0.308. The van der Waals surface area contributed by atoms with E-state index in [0.29, 0.717) is 35.9 Å². The smallest absolute Gasteiger partial charge is 0.141 e. The van der Waals surface area contributed by atoms with Gasteiger partial charge in [-0.2, -0.15) is 5.26 Å². The van der Waals surface area contributed by atoms with Crippen LogP contribution in [0.3, 0.4) is 0 Å². The van der Waals surface area contributed by atoms with Crippen LogP contribution >= 0.6 is 0 Å². The van der Waals surface area contributed by atoms with Crippen LogP contribution in [0.1, 0.15) is 37.9 Å². The van der Waals surface area contributed by atoms with Crippen LogP contribution in [0.5, 0.6) is 5.75 Å². The van der Waals surface area contributed by atoms with Crippen LogP contribution in [0.25, 0.3) is 33.5 Å². The molecular formula is C26H25N5O3. The Morgan fingerprint density at radius 2 is 1.88 bits per heavy atom. The van der Waals surface area contributed by atoms with Gasteiger partial charge in [0, 0.05) is 41.2 Å². The summed E-state index contributed by atoms with van der Waals surface area (Å²) in [4.78, 5) is 16.6. The van der Waals surface area contributed by atoms with Gasteiger partial charge in [-0.1, -0.05) is 0 Å². The molecule has 0 unspecified atom stereocenters. The van der Waals surface area contributed by atoms with Crippen molar-refractivity contribution in [2.75, 3.05) is 13.2 Å². The predicted molar refractivity (Wildman–Crippen MR) is 127 cm³/mol. The number of aliphatic hydroxyl groups is 1. The number of H-pyrrole nitrogens is 1. The van der Waals surface area contributed by atoms with E-state index in [9.17, 15) is 10.4 Å². The Labute approximate surface area is 197 Å². The minimum atomic E-state index is -1.00. The molecule has 1 aromatic carbocycles. The van der Waals surface area contributed by atoms with Gasteiger partial charge in [-0.15, -0.1) is 0 Å². The number of hydrogen-bond donors (Lipinski definition) is 2. The first-order valence-electron chi connectivity index (χ1n) is 11.2. The Balaban J connectivity index is 1.48. The van der Waals surface area contributed by atoms with Crippen LogP contribution in [0.2, 0.25) is 0 Å². The Hall–Kier alpha value is -3.80. The summed E-state index contributed by atoms with van der Waals surface area (Å²) in [7, 11) is 0. The van der Waals surface area contributed by atoms with E-state index >= 15 is 0 Å². The maximum absolute atomic E-state index is 10.2. The van der Waals surface area contributed by atoms with Crippen LogP contribution < -0.4 is 4.74 Å². The lowest BCUT2D eigenvalue weighted by atomic mass is 10.0. The minimum Gasteiger partial charge on any atom is -0.489 e. The van der Waals surface area contributed by atoms with Gasteiger partial charge < -0.3 is 19.6 Å². The van der Waals surface area contributed by atoms with Gasteiger partial charge in [0.25, 0.3) is 0 Å². The molecule has 1 fully saturated rings. The Morgan fingerprint density at radius 3 is 2.59 bits per heavy atom. The van der Waals surface area contributed by atoms with E-state index in [1.807, 2.05) is 36.4 Å². The van der Waals surface area contributed by atoms with Crippen LogP contribution in [-0.2, 0) is 10.3 Å². The molecule has 8 heteroatoms. The third-order valence-corrected chi connectivity index (χ3v) is 5.96. The van der Waals surface area contributed by atoms with Crippen molar-refractivity contribution in [3.63, 3.8) is 0 Å². The van der Waals surface area contributed by atoms with Crippen molar-refractivity contribution in [3.05, 3.63) is 60.2 Å². The van der Waals surface area contributed by atoms with E-state index in [-0.39, 0.29) is 6.10 Å². The summed E-state index contributed by atoms with van der Waals surface area (Å²) >= 11 is 0. The highest BCUT2D eigenvalue weighted by Crippen LogP contribution is 2.33. The van der Waals surface area contributed by atoms with Gasteiger partial charge >= 0.3 is 0 Å². The fourth-order valence-electron chi connectivity index (χ4n) is 4.08. The Kier molecular flexibility index (Phi) is 5.74. The zero-order chi connectivity index (χ0) is 23.7. The van der Waals surface area contributed by atoms with Gasteiger partial charge in [-0.05, 0) is 50.2 Å². The second-order valence-corrected chi connectivity index (χ2v) is 8.91. The summed E-state index contributed by atoms with van der Waals surface area (Å²) in [6, 6.07) is 13.5. The molecule has 1 saturated heterocycles. The molecule has 0 spiro atoms. The van der Waals surface area contributed by atoms with Crippen LogP contribution in [0, 0.1) is 11.3 Å². The number of benzene rings is 1. The second-order valence-electron chi connectivity index (χ2n) is 8.91. The summed E-state index contributed by atoms with van der Waals surface area (Å²) in [5.41, 5.74) is 4.00. The fourth-order valence-corrected chi connectivity index (χ4v) is 4.08. The van der Waals surface area contributed by atoms with Crippen LogP contribution in [0.15, 0.2) is 48.9 Å². The highest BCUT2D eigenvalue weighted by atomic mass is 16.5. The first kappa shape index (κ1) is 22.0. The van der Waals surface area contributed by atoms with E-state index in [1.54, 1.807) is 20.0 Å². The minimum absolute atomic E-state index is 0.0566. The molecule has 0 aliphatic carbocycles. The SMILES string of the molecule is CC(C)(O)c1ccc(-c2cc3c(-c4ccc(OC5CCOCC5)c(C#N)c4)ncnc3[nH]2)cn1. The third-order valence-electron chi connectivity index (χ3n) is 5.96. The van der Waals surface area contributed by atoms with E-state index in [4.69, 9.17) is 9.47 Å². The number of aromatic nitrogens is 4. The number of nitrogens with zero attached hydrogens (tertiary/aromatic N) is 4. The lowest BCUT2D eigenvalue weighted by molar-refractivity contribution is 0.0254. The number of fused-ring (bicyclic) bond motifs is 1. The monoisotopic (exact) mass is 455 g/mol. The highest BCUT2D eigenvalue weighted by Gasteiger charge is 2.20. The molecule has 0 bridgehead atoms. The summed E-state index contributed by atoms with van der Waals surface area (Å²) in [5.74, 6) is 0.580. The van der Waals surface area contributed by atoms with Crippen LogP contribution in [0.4, 0.5) is 0 Å². The normalized spacial score (nSPS) is 14.8. The van der Waals surface area contributed by atoms with Crippen molar-refractivity contribution in [2.24, 2.45) is 0 Å². The molecule has 8 nitrogen and oxygen atoms in total. The topological polar surface area (TPSA) is 117 Å². The number of rotatable bonds is 5. The molecule has 0 saturated carbocycles. The number of nitrogens with one attached hydrogen (secondary N) is 1. The largest absolute Gasteiger partial charge is 0.489 e. The first-order valence-corrected chi connectivity index (χ1v) is 11.2. The van der Waals surface area contributed by atoms with Gasteiger partial charge in [0.05, 0.1) is 30.2 Å². The maximum Gasteiger partial charge on any atom is 0.141 e. The standard InChI is InChI=1S/C26H25N5O3/c1-26(2,32)23-6-4-17(14-28-23)21-12-20-24(29-15-30-25(20)31-21)16-3-5-22(18(11-16)13-27)34-19-7-9-33-10-8-19/h3-6,11-12,14-15,19,32H,7-10H2,1-2H3,(H,29,30,31). The van der Waals surface area contributed by atoms with Crippen molar-refractivity contribution < 1.29 is 14.6 Å². The van der Waals surface area contributed by atoms with Crippen molar-refractivity contribution in [1.29, 1.82) is 5.26 Å². The van der Waals surface area contributed by atoms with Gasteiger partial charge in [-0.25, -0.2) is 9.97 Å². The van der Waals surface area contributed by atoms with E-state index in [2.05, 4.69) is 26.0 Å². The lowest BCUT2D eigenvalue weighted by Gasteiger charge is -2.23. The third kappa shape index (κ3) is 4.36. The zero-order valence-electron chi connectivity index (χ0n) is 19.1. The molecule has 3 aromatic heterocycles. The Morgan fingerprint density at radius 1 is 1.09 bits per heavy atom. The predicted octanol–water partition coefficient (Wildman–Crippen LogP) is 4.34. The number of aromatic amines is 1. The van der Waals surface area contributed by atoms with Crippen LogP contribution in [-0.4, -0.2) is 44.4 Å². The molecule has 1 aliphatic rings. The molecule has 0 amide bonds. The second kappa shape index (κ2) is 8.86. The average molecular weight is 456 g/mol. The van der Waals surface area contributed by atoms with E-state index in [0.717, 1.165) is 40.7 Å². The van der Waals surface area contributed by atoms with Gasteiger partial charge in [-0.3, -0.25) is 4.98 Å². The summed E-state index contributed by atoms with van der Waals surface area (Å²) in [6.45, 7) is 4.76. The molecule has 0 radical (unpaired) electrons. The van der Waals surface area contributed by atoms with Gasteiger partial charge in [0.15, 0.2) is 0 Å². The number of ether oxygens (including phenoxy) is 2. The Bertz CT molecular complexity index is 1360. The maximum atomic E-state index is 10.2. The van der Waals surface area contributed by atoms with Gasteiger partial charge in [0.2, 0.25) is 0 Å². The highest BCUT2D eigenvalue weighted by molar-refractivity contribution is 5.94. The summed E-state index contributed by atoms with van der Waals surface area (Å²) in [6.07, 6.45) is 4.92. The summed E-state index contributed by atoms with van der Waals surface area (Å²) < 4.78 is 11.5. The van der Waals surface area contributed by atoms with Crippen molar-refractivity contribution >= 4 is 11.0 Å². The average Bonchev–Trinajstić information content (AvgIpc) is 3.29. The van der Waals surface area contributed by atoms with E-state index in [1.165, 1.54) is 6.33 Å². The number of nitriles is 1. The first-order chi connectivity index (χ1) is 16.4. The molecule has 172 valence electrons. The number of pyridine rings is 1. The molecule has 5 rings (SSSR count).